The molecule has 118 valence electrons. The van der Waals surface area contributed by atoms with Crippen LogP contribution in [-0.2, 0) is 9.84 Å². The van der Waals surface area contributed by atoms with E-state index in [1.54, 1.807) is 14.2 Å². The Hall–Kier alpha value is -1.27. The second-order valence-corrected chi connectivity index (χ2v) is 7.70. The number of methoxy groups -OCH3 is 2. The zero-order valence-electron chi connectivity index (χ0n) is 12.8. The van der Waals surface area contributed by atoms with Crippen molar-refractivity contribution in [3.63, 3.8) is 0 Å². The Bertz CT molecular complexity index is 585. The Morgan fingerprint density at radius 1 is 1.24 bits per heavy atom. The van der Waals surface area contributed by atoms with Gasteiger partial charge in [0.2, 0.25) is 0 Å². The van der Waals surface area contributed by atoms with E-state index in [1.807, 2.05) is 18.2 Å². The summed E-state index contributed by atoms with van der Waals surface area (Å²) in [5, 5.41) is 0. The summed E-state index contributed by atoms with van der Waals surface area (Å²) in [6.07, 6.45) is 3.41. The summed E-state index contributed by atoms with van der Waals surface area (Å²) in [5.74, 6) is 1.63. The van der Waals surface area contributed by atoms with Gasteiger partial charge in [-0.2, -0.15) is 0 Å². The first-order valence-corrected chi connectivity index (χ1v) is 9.14. The van der Waals surface area contributed by atoms with Gasteiger partial charge in [0.1, 0.15) is 9.84 Å². The smallest absolute Gasteiger partial charge is 0.161 e. The third-order valence-electron chi connectivity index (χ3n) is 3.91. The normalized spacial score (nSPS) is 19.7. The number of ether oxygens (including phenoxy) is 2. The summed E-state index contributed by atoms with van der Waals surface area (Å²) >= 11 is 0. The number of sulfone groups is 1. The van der Waals surface area contributed by atoms with Gasteiger partial charge >= 0.3 is 0 Å². The molecule has 0 unspecified atom stereocenters. The van der Waals surface area contributed by atoms with Gasteiger partial charge in [-0.05, 0) is 37.1 Å². The second kappa shape index (κ2) is 6.66. The zero-order chi connectivity index (χ0) is 15.5. The molecule has 1 aliphatic rings. The molecule has 0 amide bonds. The first-order chi connectivity index (χ1) is 9.94. The first kappa shape index (κ1) is 16.1. The van der Waals surface area contributed by atoms with Crippen LogP contribution in [0.15, 0.2) is 18.2 Å². The second-order valence-electron chi connectivity index (χ2n) is 5.44. The molecule has 0 saturated carbocycles. The lowest BCUT2D eigenvalue weighted by Gasteiger charge is -2.25. The number of hydrogen-bond acceptors (Lipinski definition) is 5. The molecule has 0 radical (unpaired) electrons. The fourth-order valence-electron chi connectivity index (χ4n) is 2.81. The van der Waals surface area contributed by atoms with E-state index in [9.17, 15) is 8.42 Å². The SMILES string of the molecule is COc1ccc([C@H]2CCCN2CCS(C)(=O)=O)cc1OC. The predicted octanol–water partition coefficient (Wildman–Crippen LogP) is 1.89. The summed E-state index contributed by atoms with van der Waals surface area (Å²) in [6, 6.07) is 6.18. The molecule has 0 bridgehead atoms. The van der Waals surface area contributed by atoms with Crippen LogP contribution < -0.4 is 9.47 Å². The van der Waals surface area contributed by atoms with E-state index < -0.39 is 9.84 Å². The van der Waals surface area contributed by atoms with Crippen molar-refractivity contribution in [2.45, 2.75) is 18.9 Å². The maximum absolute atomic E-state index is 11.4. The van der Waals surface area contributed by atoms with Gasteiger partial charge in [0.25, 0.3) is 0 Å². The average Bonchev–Trinajstić information content (AvgIpc) is 2.92. The largest absolute Gasteiger partial charge is 0.493 e. The molecular weight excluding hydrogens is 290 g/mol. The lowest BCUT2D eigenvalue weighted by Crippen LogP contribution is -2.28. The Kier molecular flexibility index (Phi) is 5.11. The summed E-state index contributed by atoms with van der Waals surface area (Å²) in [6.45, 7) is 1.52. The molecule has 5 nitrogen and oxygen atoms in total. The van der Waals surface area contributed by atoms with Crippen LogP contribution >= 0.6 is 0 Å². The lowest BCUT2D eigenvalue weighted by molar-refractivity contribution is 0.271. The van der Waals surface area contributed by atoms with Crippen molar-refractivity contribution >= 4 is 9.84 Å². The minimum absolute atomic E-state index is 0.205. The van der Waals surface area contributed by atoms with Crippen LogP contribution in [0.3, 0.4) is 0 Å². The van der Waals surface area contributed by atoms with Crippen LogP contribution in [-0.4, -0.2) is 52.6 Å². The standard InChI is InChI=1S/C15H23NO4S/c1-19-14-7-6-12(11-15(14)20-2)13-5-4-8-16(13)9-10-21(3,17)18/h6-7,11,13H,4-5,8-10H2,1-3H3/t13-/m1/s1. The van der Waals surface area contributed by atoms with E-state index in [-0.39, 0.29) is 11.8 Å². The summed E-state index contributed by atoms with van der Waals surface area (Å²) in [7, 11) is 0.312. The zero-order valence-corrected chi connectivity index (χ0v) is 13.6. The van der Waals surface area contributed by atoms with Crippen LogP contribution in [0.1, 0.15) is 24.4 Å². The van der Waals surface area contributed by atoms with Gasteiger partial charge in [0.05, 0.1) is 20.0 Å². The highest BCUT2D eigenvalue weighted by molar-refractivity contribution is 7.90. The van der Waals surface area contributed by atoms with Gasteiger partial charge in [0.15, 0.2) is 11.5 Å². The summed E-state index contributed by atoms with van der Waals surface area (Å²) in [4.78, 5) is 2.24. The monoisotopic (exact) mass is 313 g/mol. The van der Waals surface area contributed by atoms with Gasteiger partial charge in [-0.15, -0.1) is 0 Å². The molecule has 1 atom stereocenters. The summed E-state index contributed by atoms with van der Waals surface area (Å²) < 4.78 is 33.3. The number of rotatable bonds is 6. The topological polar surface area (TPSA) is 55.8 Å². The van der Waals surface area contributed by atoms with Crippen LogP contribution in [0, 0.1) is 0 Å². The molecule has 0 spiro atoms. The van der Waals surface area contributed by atoms with Crippen molar-refractivity contribution in [3.05, 3.63) is 23.8 Å². The van der Waals surface area contributed by atoms with Crippen molar-refractivity contribution < 1.29 is 17.9 Å². The fourth-order valence-corrected chi connectivity index (χ4v) is 3.38. The van der Waals surface area contributed by atoms with Crippen molar-refractivity contribution in [1.29, 1.82) is 0 Å². The van der Waals surface area contributed by atoms with Crippen LogP contribution in [0.5, 0.6) is 11.5 Å². The molecule has 0 aliphatic carbocycles. The maximum Gasteiger partial charge on any atom is 0.161 e. The number of benzene rings is 1. The Labute approximate surface area is 126 Å². The maximum atomic E-state index is 11.4. The molecule has 1 aliphatic heterocycles. The molecule has 6 heteroatoms. The molecule has 1 aromatic rings. The fraction of sp³-hybridized carbons (Fsp3) is 0.600. The Balaban J connectivity index is 2.16. The van der Waals surface area contributed by atoms with Crippen molar-refractivity contribution in [2.24, 2.45) is 0 Å². The molecule has 2 rings (SSSR count). The number of likely N-dealkylation sites (tertiary alicyclic amines) is 1. The van der Waals surface area contributed by atoms with Gasteiger partial charge in [-0.1, -0.05) is 6.07 Å². The van der Waals surface area contributed by atoms with Crippen LogP contribution in [0.25, 0.3) is 0 Å². The van der Waals surface area contributed by atoms with E-state index in [0.717, 1.165) is 24.9 Å². The van der Waals surface area contributed by atoms with E-state index in [0.29, 0.717) is 18.0 Å². The number of hydrogen-bond donors (Lipinski definition) is 0. The van der Waals surface area contributed by atoms with E-state index in [1.165, 1.54) is 6.26 Å². The third-order valence-corrected chi connectivity index (χ3v) is 4.83. The van der Waals surface area contributed by atoms with E-state index >= 15 is 0 Å². The highest BCUT2D eigenvalue weighted by Gasteiger charge is 2.27. The molecular formula is C15H23NO4S. The van der Waals surface area contributed by atoms with Crippen molar-refractivity contribution in [1.82, 2.24) is 4.90 Å². The van der Waals surface area contributed by atoms with Crippen molar-refractivity contribution in [2.75, 3.05) is 39.3 Å². The van der Waals surface area contributed by atoms with Crippen molar-refractivity contribution in [3.8, 4) is 11.5 Å². The van der Waals surface area contributed by atoms with Crippen LogP contribution in [0.4, 0.5) is 0 Å². The predicted molar refractivity (Wildman–Crippen MR) is 82.8 cm³/mol. The molecule has 21 heavy (non-hydrogen) atoms. The quantitative estimate of drug-likeness (QED) is 0.803. The molecule has 1 aromatic carbocycles. The van der Waals surface area contributed by atoms with Gasteiger partial charge in [0, 0.05) is 18.8 Å². The Morgan fingerprint density at radius 2 is 1.95 bits per heavy atom. The molecule has 0 N–H and O–H groups in total. The van der Waals surface area contributed by atoms with Gasteiger partial charge in [-0.25, -0.2) is 8.42 Å². The highest BCUT2D eigenvalue weighted by Crippen LogP contribution is 2.36. The average molecular weight is 313 g/mol. The number of nitrogens with zero attached hydrogens (tertiary/aromatic N) is 1. The minimum atomic E-state index is -2.93. The highest BCUT2D eigenvalue weighted by atomic mass is 32.2. The molecule has 1 saturated heterocycles. The van der Waals surface area contributed by atoms with E-state index in [4.69, 9.17) is 9.47 Å². The Morgan fingerprint density at radius 3 is 2.57 bits per heavy atom. The van der Waals surface area contributed by atoms with Gasteiger partial charge < -0.3 is 9.47 Å². The van der Waals surface area contributed by atoms with E-state index in [2.05, 4.69) is 4.90 Å². The lowest BCUT2D eigenvalue weighted by atomic mass is 10.0. The third kappa shape index (κ3) is 4.11. The molecule has 1 heterocycles. The first-order valence-electron chi connectivity index (χ1n) is 7.08. The van der Waals surface area contributed by atoms with Crippen LogP contribution in [0.2, 0.25) is 0 Å². The summed E-state index contributed by atoms with van der Waals surface area (Å²) in [5.41, 5.74) is 1.15. The van der Waals surface area contributed by atoms with Gasteiger partial charge in [-0.3, -0.25) is 4.90 Å². The molecule has 1 fully saturated rings. The molecule has 0 aromatic heterocycles. The minimum Gasteiger partial charge on any atom is -0.493 e.